The van der Waals surface area contributed by atoms with Crippen LogP contribution in [0.25, 0.3) is 0 Å². The Morgan fingerprint density at radius 1 is 1.20 bits per heavy atom. The average Bonchev–Trinajstić information content (AvgIpc) is 2.14. The van der Waals surface area contributed by atoms with E-state index in [1.807, 2.05) is 0 Å². The molecular weight excluding hydrogens is 227 g/mol. The molecule has 15 heavy (non-hydrogen) atoms. The van der Waals surface area contributed by atoms with Gasteiger partial charge in [-0.2, -0.15) is 24.9 Å². The van der Waals surface area contributed by atoms with Crippen LogP contribution in [-0.2, 0) is 4.74 Å². The number of nitrogens with one attached hydrogen (secondary N) is 1. The maximum atomic E-state index is 11.6. The maximum absolute atomic E-state index is 11.6. The second-order valence-electron chi connectivity index (χ2n) is 3.12. The van der Waals surface area contributed by atoms with Crippen molar-refractivity contribution in [2.45, 2.75) is 19.0 Å². The fraction of sp³-hybridized carbons (Fsp3) is 1.00. The second kappa shape index (κ2) is 9.30. The summed E-state index contributed by atoms with van der Waals surface area (Å²) in [5.74, 6) is 1.13. The number of unbranched alkanes of at least 4 members (excludes halogenated alkanes) is 1. The summed E-state index contributed by atoms with van der Waals surface area (Å²) in [5, 5.41) is 3.03. The molecule has 92 valence electrons. The van der Waals surface area contributed by atoms with Crippen LogP contribution in [0.4, 0.5) is 13.2 Å². The largest absolute Gasteiger partial charge is 0.411 e. The minimum Gasteiger partial charge on any atom is -0.371 e. The molecule has 0 saturated heterocycles. The smallest absolute Gasteiger partial charge is 0.371 e. The van der Waals surface area contributed by atoms with E-state index in [9.17, 15) is 13.2 Å². The molecule has 0 atom stereocenters. The minimum absolute atomic E-state index is 0.113. The molecule has 0 aliphatic carbocycles. The van der Waals surface area contributed by atoms with E-state index in [-0.39, 0.29) is 6.61 Å². The van der Waals surface area contributed by atoms with Gasteiger partial charge < -0.3 is 10.1 Å². The van der Waals surface area contributed by atoms with Gasteiger partial charge in [0.2, 0.25) is 0 Å². The molecule has 1 N–H and O–H groups in total. The summed E-state index contributed by atoms with van der Waals surface area (Å²) in [6, 6.07) is 0. The molecule has 0 aliphatic rings. The normalized spacial score (nSPS) is 12.0. The van der Waals surface area contributed by atoms with Crippen molar-refractivity contribution in [1.82, 2.24) is 5.32 Å². The number of alkyl halides is 3. The summed E-state index contributed by atoms with van der Waals surface area (Å²) in [7, 11) is 0. The summed E-state index contributed by atoms with van der Waals surface area (Å²) in [6.45, 7) is 0.286. The Labute approximate surface area is 92.9 Å². The van der Waals surface area contributed by atoms with Gasteiger partial charge in [0.05, 0.1) is 6.61 Å². The van der Waals surface area contributed by atoms with Crippen LogP contribution in [0.15, 0.2) is 0 Å². The van der Waals surface area contributed by atoms with Crippen molar-refractivity contribution in [2.75, 3.05) is 38.3 Å². The maximum Gasteiger partial charge on any atom is 0.411 e. The van der Waals surface area contributed by atoms with Crippen molar-refractivity contribution in [3.63, 3.8) is 0 Å². The Morgan fingerprint density at radius 2 is 1.93 bits per heavy atom. The zero-order valence-corrected chi connectivity index (χ0v) is 9.72. The lowest BCUT2D eigenvalue weighted by Crippen LogP contribution is -2.24. The van der Waals surface area contributed by atoms with Crippen LogP contribution in [-0.4, -0.2) is 44.5 Å². The fourth-order valence-electron chi connectivity index (χ4n) is 0.954. The van der Waals surface area contributed by atoms with Crippen LogP contribution in [0.3, 0.4) is 0 Å². The highest BCUT2D eigenvalue weighted by molar-refractivity contribution is 7.98. The van der Waals surface area contributed by atoms with Crippen LogP contribution in [0.2, 0.25) is 0 Å². The molecule has 0 heterocycles. The van der Waals surface area contributed by atoms with E-state index in [0.29, 0.717) is 6.54 Å². The van der Waals surface area contributed by atoms with Crippen molar-refractivity contribution in [3.05, 3.63) is 0 Å². The quantitative estimate of drug-likeness (QED) is 0.630. The van der Waals surface area contributed by atoms with E-state index in [1.165, 1.54) is 0 Å². The van der Waals surface area contributed by atoms with Crippen LogP contribution >= 0.6 is 11.8 Å². The average molecular weight is 245 g/mol. The number of halogens is 3. The first-order valence-corrected chi connectivity index (χ1v) is 6.30. The van der Waals surface area contributed by atoms with E-state index < -0.39 is 12.8 Å². The monoisotopic (exact) mass is 245 g/mol. The Hall–Kier alpha value is 0.0600. The SMILES string of the molecule is CSCCCCNCCOCC(F)(F)F. The predicted octanol–water partition coefficient (Wildman–Crippen LogP) is 2.30. The summed E-state index contributed by atoms with van der Waals surface area (Å²) >= 11 is 1.80. The van der Waals surface area contributed by atoms with E-state index in [0.717, 1.165) is 25.1 Å². The van der Waals surface area contributed by atoms with E-state index in [1.54, 1.807) is 11.8 Å². The molecule has 0 saturated carbocycles. The van der Waals surface area contributed by atoms with E-state index in [2.05, 4.69) is 16.3 Å². The van der Waals surface area contributed by atoms with Gasteiger partial charge in [-0.1, -0.05) is 0 Å². The zero-order valence-electron chi connectivity index (χ0n) is 8.90. The lowest BCUT2D eigenvalue weighted by Gasteiger charge is -2.08. The Bertz CT molecular complexity index is 144. The third kappa shape index (κ3) is 14.1. The number of hydrogen-bond acceptors (Lipinski definition) is 3. The number of hydrogen-bond donors (Lipinski definition) is 1. The summed E-state index contributed by atoms with van der Waals surface area (Å²) in [6.07, 6.45) is 0.0362. The van der Waals surface area contributed by atoms with Crippen LogP contribution in [0.5, 0.6) is 0 Å². The van der Waals surface area contributed by atoms with Gasteiger partial charge in [0.25, 0.3) is 0 Å². The molecule has 0 aliphatic heterocycles. The molecule has 0 unspecified atom stereocenters. The van der Waals surface area contributed by atoms with Crippen molar-refractivity contribution >= 4 is 11.8 Å². The highest BCUT2D eigenvalue weighted by Crippen LogP contribution is 2.13. The molecule has 0 aromatic rings. The van der Waals surface area contributed by atoms with Gasteiger partial charge in [0.15, 0.2) is 0 Å². The molecule has 0 rings (SSSR count). The first-order valence-electron chi connectivity index (χ1n) is 4.90. The minimum atomic E-state index is -4.21. The van der Waals surface area contributed by atoms with E-state index >= 15 is 0 Å². The summed E-state index contributed by atoms with van der Waals surface area (Å²) in [4.78, 5) is 0. The first-order chi connectivity index (χ1) is 7.06. The van der Waals surface area contributed by atoms with Gasteiger partial charge in [-0.15, -0.1) is 0 Å². The Balaban J connectivity index is 2.99. The molecule has 0 amide bonds. The third-order valence-electron chi connectivity index (χ3n) is 1.64. The molecule has 0 aromatic carbocycles. The van der Waals surface area contributed by atoms with Crippen molar-refractivity contribution in [3.8, 4) is 0 Å². The highest BCUT2D eigenvalue weighted by Gasteiger charge is 2.26. The van der Waals surface area contributed by atoms with Crippen LogP contribution in [0.1, 0.15) is 12.8 Å². The fourth-order valence-corrected chi connectivity index (χ4v) is 1.45. The van der Waals surface area contributed by atoms with E-state index in [4.69, 9.17) is 0 Å². The van der Waals surface area contributed by atoms with Crippen molar-refractivity contribution in [1.29, 1.82) is 0 Å². The van der Waals surface area contributed by atoms with Crippen LogP contribution < -0.4 is 5.32 Å². The van der Waals surface area contributed by atoms with Gasteiger partial charge in [-0.05, 0) is 31.4 Å². The lowest BCUT2D eigenvalue weighted by molar-refractivity contribution is -0.173. The van der Waals surface area contributed by atoms with Gasteiger partial charge in [-0.25, -0.2) is 0 Å². The van der Waals surface area contributed by atoms with Crippen LogP contribution in [0, 0.1) is 0 Å². The second-order valence-corrected chi connectivity index (χ2v) is 4.10. The van der Waals surface area contributed by atoms with Gasteiger partial charge in [-0.3, -0.25) is 0 Å². The summed E-state index contributed by atoms with van der Waals surface area (Å²) < 4.78 is 39.3. The molecule has 0 spiro atoms. The van der Waals surface area contributed by atoms with Gasteiger partial charge in [0.1, 0.15) is 6.61 Å². The molecule has 6 heteroatoms. The molecule has 0 bridgehead atoms. The zero-order chi connectivity index (χ0) is 11.6. The van der Waals surface area contributed by atoms with Gasteiger partial charge >= 0.3 is 6.18 Å². The van der Waals surface area contributed by atoms with Crippen molar-refractivity contribution < 1.29 is 17.9 Å². The molecule has 2 nitrogen and oxygen atoms in total. The summed E-state index contributed by atoms with van der Waals surface area (Å²) in [5.41, 5.74) is 0. The number of thioether (sulfide) groups is 1. The Kier molecular flexibility index (Phi) is 9.33. The molecule has 0 fully saturated rings. The van der Waals surface area contributed by atoms with Crippen molar-refractivity contribution in [2.24, 2.45) is 0 Å². The molecule has 0 aromatic heterocycles. The first kappa shape index (κ1) is 15.1. The predicted molar refractivity (Wildman–Crippen MR) is 57.4 cm³/mol. The number of ether oxygens (including phenoxy) is 1. The third-order valence-corrected chi connectivity index (χ3v) is 2.34. The number of rotatable bonds is 9. The Morgan fingerprint density at radius 3 is 2.53 bits per heavy atom. The highest BCUT2D eigenvalue weighted by atomic mass is 32.2. The standard InChI is InChI=1S/C9H18F3NOS/c1-15-7-3-2-4-13-5-6-14-8-9(10,11)12/h13H,2-8H2,1H3. The molecular formula is C9H18F3NOS. The molecule has 0 radical (unpaired) electrons. The lowest BCUT2D eigenvalue weighted by atomic mass is 10.3. The van der Waals surface area contributed by atoms with Gasteiger partial charge in [0, 0.05) is 6.54 Å². The topological polar surface area (TPSA) is 21.3 Å².